The second-order valence-electron chi connectivity index (χ2n) is 8.39. The number of carbonyl (C=O) groups is 2. The molecule has 0 saturated carbocycles. The Hall–Kier alpha value is -5.30. The molecule has 0 fully saturated rings. The Labute approximate surface area is 211 Å². The number of benzene rings is 3. The summed E-state index contributed by atoms with van der Waals surface area (Å²) in [5.74, 6) is -0.500. The van der Waals surface area contributed by atoms with Crippen LogP contribution in [0.25, 0.3) is 22.3 Å². The van der Waals surface area contributed by atoms with Crippen LogP contribution < -0.4 is 10.6 Å². The van der Waals surface area contributed by atoms with Gasteiger partial charge in [-0.2, -0.15) is 5.26 Å². The van der Waals surface area contributed by atoms with Crippen LogP contribution in [0, 0.1) is 11.3 Å². The lowest BCUT2D eigenvalue weighted by Gasteiger charge is -2.16. The Kier molecular flexibility index (Phi) is 6.42. The average molecular weight is 491 g/mol. The van der Waals surface area contributed by atoms with Gasteiger partial charge in [0.05, 0.1) is 34.4 Å². The first-order chi connectivity index (χ1) is 18.1. The van der Waals surface area contributed by atoms with Gasteiger partial charge in [0.2, 0.25) is 5.91 Å². The van der Waals surface area contributed by atoms with E-state index in [9.17, 15) is 14.9 Å². The lowest BCUT2D eigenvalue weighted by molar-refractivity contribution is -0.117. The molecule has 0 saturated heterocycles. The fourth-order valence-corrected chi connectivity index (χ4v) is 4.24. The van der Waals surface area contributed by atoms with Gasteiger partial charge in [-0.3, -0.25) is 9.59 Å². The lowest BCUT2D eigenvalue weighted by Crippen LogP contribution is -2.20. The van der Waals surface area contributed by atoms with Gasteiger partial charge in [-0.15, -0.1) is 5.10 Å². The van der Waals surface area contributed by atoms with Gasteiger partial charge >= 0.3 is 0 Å². The summed E-state index contributed by atoms with van der Waals surface area (Å²) in [6.07, 6.45) is 0.651. The van der Waals surface area contributed by atoms with Crippen LogP contribution in [0.1, 0.15) is 40.9 Å². The number of para-hydroxylation sites is 1. The first-order valence-corrected chi connectivity index (χ1v) is 11.6. The highest BCUT2D eigenvalue weighted by Crippen LogP contribution is 2.29. The van der Waals surface area contributed by atoms with E-state index in [1.54, 1.807) is 30.3 Å². The van der Waals surface area contributed by atoms with E-state index in [4.69, 9.17) is 0 Å². The molecule has 5 rings (SSSR count). The Balaban J connectivity index is 1.41. The number of aromatic nitrogens is 5. The third kappa shape index (κ3) is 4.78. The number of H-pyrrole nitrogens is 2. The molecule has 37 heavy (non-hydrogen) atoms. The molecule has 0 aliphatic rings. The smallest absolute Gasteiger partial charge is 0.272 e. The molecule has 10 nitrogen and oxygen atoms in total. The summed E-state index contributed by atoms with van der Waals surface area (Å²) in [5.41, 5.74) is 3.79. The Morgan fingerprint density at radius 2 is 1.84 bits per heavy atom. The molecule has 1 atom stereocenters. The monoisotopic (exact) mass is 490 g/mol. The molecule has 0 aliphatic heterocycles. The Morgan fingerprint density at radius 3 is 2.57 bits per heavy atom. The van der Waals surface area contributed by atoms with Gasteiger partial charge in [0.15, 0.2) is 5.82 Å². The molecule has 1 unspecified atom stereocenters. The third-order valence-corrected chi connectivity index (χ3v) is 6.08. The summed E-state index contributed by atoms with van der Waals surface area (Å²) in [7, 11) is 0. The topological polar surface area (TPSA) is 152 Å². The van der Waals surface area contributed by atoms with Crippen molar-refractivity contribution in [2.24, 2.45) is 0 Å². The molecule has 2 aromatic heterocycles. The molecule has 0 radical (unpaired) electrons. The minimum atomic E-state index is -0.400. The molecular formula is C27H22N8O2. The van der Waals surface area contributed by atoms with E-state index >= 15 is 0 Å². The minimum absolute atomic E-state index is 0.121. The standard InChI is InChI=1S/C27H22N8O2/c1-2-19(17-7-4-3-5-8-17)26(36)31-22-10-6-9-18-14-23(29-24(18)22)27(37)30-21-12-11-16(15-28)13-20(21)25-32-34-35-33-25/h3-14,19,29H,2H2,1H3,(H,30,37)(H,31,36)(H,32,33,34,35). The molecule has 10 heteroatoms. The zero-order valence-corrected chi connectivity index (χ0v) is 19.8. The largest absolute Gasteiger partial charge is 0.349 e. The number of hydrogen-bond acceptors (Lipinski definition) is 6. The zero-order valence-electron chi connectivity index (χ0n) is 19.8. The van der Waals surface area contributed by atoms with Crippen molar-refractivity contribution in [1.82, 2.24) is 25.6 Å². The van der Waals surface area contributed by atoms with Crippen LogP contribution >= 0.6 is 0 Å². The van der Waals surface area contributed by atoms with E-state index in [1.807, 2.05) is 49.4 Å². The van der Waals surface area contributed by atoms with Crippen molar-refractivity contribution < 1.29 is 9.59 Å². The number of anilines is 2. The maximum absolute atomic E-state index is 13.2. The number of nitriles is 1. The van der Waals surface area contributed by atoms with E-state index in [-0.39, 0.29) is 11.8 Å². The van der Waals surface area contributed by atoms with Crippen molar-refractivity contribution in [2.75, 3.05) is 10.6 Å². The summed E-state index contributed by atoms with van der Waals surface area (Å²) in [4.78, 5) is 29.4. The van der Waals surface area contributed by atoms with Gasteiger partial charge in [-0.05, 0) is 52.7 Å². The predicted octanol–water partition coefficient (Wildman–Crippen LogP) is 4.60. The van der Waals surface area contributed by atoms with E-state index < -0.39 is 5.91 Å². The van der Waals surface area contributed by atoms with E-state index in [0.29, 0.717) is 46.0 Å². The van der Waals surface area contributed by atoms with Crippen LogP contribution in [0.4, 0.5) is 11.4 Å². The number of fused-ring (bicyclic) bond motifs is 1. The van der Waals surface area contributed by atoms with Crippen molar-refractivity contribution in [3.8, 4) is 17.5 Å². The van der Waals surface area contributed by atoms with Gasteiger partial charge in [0.25, 0.3) is 5.91 Å². The van der Waals surface area contributed by atoms with E-state index in [1.165, 1.54) is 0 Å². The van der Waals surface area contributed by atoms with Gasteiger partial charge in [-0.1, -0.05) is 49.4 Å². The Bertz CT molecular complexity index is 1620. The van der Waals surface area contributed by atoms with Crippen molar-refractivity contribution >= 4 is 34.1 Å². The van der Waals surface area contributed by atoms with Gasteiger partial charge < -0.3 is 15.6 Å². The number of amides is 2. The van der Waals surface area contributed by atoms with E-state index in [2.05, 4.69) is 42.3 Å². The van der Waals surface area contributed by atoms with Crippen molar-refractivity contribution in [1.29, 1.82) is 5.26 Å². The molecule has 5 aromatic rings. The average Bonchev–Trinajstić information content (AvgIpc) is 3.61. The summed E-state index contributed by atoms with van der Waals surface area (Å²) in [5, 5.41) is 29.6. The third-order valence-electron chi connectivity index (χ3n) is 6.08. The van der Waals surface area contributed by atoms with Crippen molar-refractivity contribution in [3.05, 3.63) is 89.6 Å². The number of aromatic amines is 2. The molecule has 0 spiro atoms. The van der Waals surface area contributed by atoms with Gasteiger partial charge in [0, 0.05) is 10.9 Å². The summed E-state index contributed by atoms with van der Waals surface area (Å²) in [6, 6.07) is 23.7. The van der Waals surface area contributed by atoms with Crippen LogP contribution in [-0.4, -0.2) is 37.4 Å². The van der Waals surface area contributed by atoms with Crippen LogP contribution in [-0.2, 0) is 4.79 Å². The summed E-state index contributed by atoms with van der Waals surface area (Å²) < 4.78 is 0. The second-order valence-corrected chi connectivity index (χ2v) is 8.39. The van der Waals surface area contributed by atoms with Crippen LogP contribution in [0.15, 0.2) is 72.8 Å². The highest BCUT2D eigenvalue weighted by atomic mass is 16.2. The van der Waals surface area contributed by atoms with Crippen molar-refractivity contribution in [3.63, 3.8) is 0 Å². The number of hydrogen-bond donors (Lipinski definition) is 4. The van der Waals surface area contributed by atoms with Crippen LogP contribution in [0.5, 0.6) is 0 Å². The normalized spacial score (nSPS) is 11.6. The molecule has 0 bridgehead atoms. The highest BCUT2D eigenvalue weighted by molar-refractivity contribution is 6.10. The molecule has 2 amide bonds. The number of nitrogens with one attached hydrogen (secondary N) is 4. The molecular weight excluding hydrogens is 468 g/mol. The first kappa shape index (κ1) is 23.4. The molecule has 0 aliphatic carbocycles. The zero-order chi connectivity index (χ0) is 25.8. The summed E-state index contributed by atoms with van der Waals surface area (Å²) in [6.45, 7) is 1.97. The van der Waals surface area contributed by atoms with E-state index in [0.717, 1.165) is 10.9 Å². The predicted molar refractivity (Wildman–Crippen MR) is 139 cm³/mol. The number of tetrazole rings is 1. The molecule has 182 valence electrons. The molecule has 4 N–H and O–H groups in total. The highest BCUT2D eigenvalue weighted by Gasteiger charge is 2.21. The second kappa shape index (κ2) is 10.1. The Morgan fingerprint density at radius 1 is 1.00 bits per heavy atom. The maximum atomic E-state index is 13.2. The number of carbonyl (C=O) groups excluding carboxylic acids is 2. The SMILES string of the molecule is CCC(C(=O)Nc1cccc2cc(C(=O)Nc3ccc(C#N)cc3-c3nnn[nH]3)[nH]c12)c1ccccc1. The maximum Gasteiger partial charge on any atom is 0.272 e. The molecule has 3 aromatic carbocycles. The quantitative estimate of drug-likeness (QED) is 0.261. The van der Waals surface area contributed by atoms with Crippen LogP contribution in [0.2, 0.25) is 0 Å². The summed E-state index contributed by atoms with van der Waals surface area (Å²) >= 11 is 0. The fourth-order valence-electron chi connectivity index (χ4n) is 4.24. The lowest BCUT2D eigenvalue weighted by atomic mass is 9.95. The number of rotatable bonds is 7. The fraction of sp³-hybridized carbons (Fsp3) is 0.111. The van der Waals surface area contributed by atoms with Gasteiger partial charge in [0.1, 0.15) is 5.69 Å². The van der Waals surface area contributed by atoms with Crippen molar-refractivity contribution in [2.45, 2.75) is 19.3 Å². The first-order valence-electron chi connectivity index (χ1n) is 11.6. The molecule has 2 heterocycles. The minimum Gasteiger partial charge on any atom is -0.349 e. The van der Waals surface area contributed by atoms with Crippen LogP contribution in [0.3, 0.4) is 0 Å². The number of nitrogens with zero attached hydrogens (tertiary/aromatic N) is 4. The van der Waals surface area contributed by atoms with Gasteiger partial charge in [-0.25, -0.2) is 5.10 Å².